The average molecular weight is 318 g/mol. The highest BCUT2D eigenvalue weighted by Crippen LogP contribution is 2.22. The maximum absolute atomic E-state index is 12.4. The van der Waals surface area contributed by atoms with Crippen LogP contribution in [-0.4, -0.2) is 70.0 Å². The van der Waals surface area contributed by atoms with Gasteiger partial charge in [0, 0.05) is 31.7 Å². The van der Waals surface area contributed by atoms with Gasteiger partial charge in [0.1, 0.15) is 0 Å². The standard InChI is InChI=1S/C14H30N4O2S/c1-12(10-17(2)3)16-21(19,20)18-8-4-5-13(11-18)9-15-14-6-7-14/h12-16H,4-11H2,1-3H3. The lowest BCUT2D eigenvalue weighted by Crippen LogP contribution is -2.51. The Kier molecular flexibility index (Phi) is 6.02. The molecular weight excluding hydrogens is 288 g/mol. The van der Waals surface area contributed by atoms with Crippen LogP contribution in [0.25, 0.3) is 0 Å². The van der Waals surface area contributed by atoms with Gasteiger partial charge in [-0.1, -0.05) is 0 Å². The SMILES string of the molecule is CC(CN(C)C)NS(=O)(=O)N1CCCC(CNC2CC2)C1. The normalized spacial score (nSPS) is 26.2. The van der Waals surface area contributed by atoms with E-state index in [0.717, 1.165) is 19.4 Å². The summed E-state index contributed by atoms with van der Waals surface area (Å²) in [4.78, 5) is 1.99. The maximum atomic E-state index is 12.4. The second-order valence-electron chi connectivity index (χ2n) is 6.83. The molecule has 124 valence electrons. The van der Waals surface area contributed by atoms with Crippen LogP contribution in [0.15, 0.2) is 0 Å². The first kappa shape index (κ1) is 17.1. The van der Waals surface area contributed by atoms with Crippen molar-refractivity contribution in [2.24, 2.45) is 5.92 Å². The topological polar surface area (TPSA) is 64.7 Å². The van der Waals surface area contributed by atoms with Gasteiger partial charge in [-0.25, -0.2) is 0 Å². The minimum atomic E-state index is -3.36. The fourth-order valence-electron chi connectivity index (χ4n) is 2.95. The number of hydrogen-bond acceptors (Lipinski definition) is 4. The molecule has 0 amide bonds. The molecule has 0 radical (unpaired) electrons. The monoisotopic (exact) mass is 318 g/mol. The molecule has 2 rings (SSSR count). The van der Waals surface area contributed by atoms with Gasteiger partial charge in [0.05, 0.1) is 0 Å². The van der Waals surface area contributed by atoms with E-state index >= 15 is 0 Å². The third kappa shape index (κ3) is 5.83. The van der Waals surface area contributed by atoms with Crippen molar-refractivity contribution in [1.82, 2.24) is 19.2 Å². The van der Waals surface area contributed by atoms with Crippen LogP contribution in [0.2, 0.25) is 0 Å². The van der Waals surface area contributed by atoms with E-state index in [2.05, 4.69) is 10.0 Å². The Morgan fingerprint density at radius 2 is 2.00 bits per heavy atom. The summed E-state index contributed by atoms with van der Waals surface area (Å²) in [6.45, 7) is 4.85. The van der Waals surface area contributed by atoms with Gasteiger partial charge in [0.2, 0.25) is 0 Å². The fraction of sp³-hybridized carbons (Fsp3) is 1.00. The highest BCUT2D eigenvalue weighted by atomic mass is 32.2. The van der Waals surface area contributed by atoms with E-state index in [1.54, 1.807) is 4.31 Å². The molecule has 0 bridgehead atoms. The summed E-state index contributed by atoms with van der Waals surface area (Å²) in [5.41, 5.74) is 0. The smallest absolute Gasteiger partial charge is 0.279 e. The zero-order chi connectivity index (χ0) is 15.5. The van der Waals surface area contributed by atoms with Gasteiger partial charge in [0.25, 0.3) is 10.2 Å². The second kappa shape index (κ2) is 7.37. The molecule has 2 atom stereocenters. The van der Waals surface area contributed by atoms with Crippen LogP contribution >= 0.6 is 0 Å². The van der Waals surface area contributed by atoms with Crippen molar-refractivity contribution >= 4 is 10.2 Å². The number of rotatable bonds is 8. The Balaban J connectivity index is 1.82. The molecule has 0 aromatic heterocycles. The Labute approximate surface area is 129 Å². The van der Waals surface area contributed by atoms with Crippen LogP contribution in [0.1, 0.15) is 32.6 Å². The van der Waals surface area contributed by atoms with Gasteiger partial charge in [0.15, 0.2) is 0 Å². The first-order chi connectivity index (χ1) is 9.87. The molecule has 1 heterocycles. The van der Waals surface area contributed by atoms with Crippen molar-refractivity contribution in [3.63, 3.8) is 0 Å². The molecule has 0 spiro atoms. The van der Waals surface area contributed by atoms with Crippen molar-refractivity contribution in [2.45, 2.75) is 44.7 Å². The summed E-state index contributed by atoms with van der Waals surface area (Å²) in [6.07, 6.45) is 4.63. The lowest BCUT2D eigenvalue weighted by atomic mass is 10.00. The molecule has 2 aliphatic rings. The molecular formula is C14H30N4O2S. The minimum absolute atomic E-state index is 0.0741. The first-order valence-electron chi connectivity index (χ1n) is 8.02. The first-order valence-corrected chi connectivity index (χ1v) is 9.46. The largest absolute Gasteiger partial charge is 0.314 e. The van der Waals surface area contributed by atoms with Crippen LogP contribution < -0.4 is 10.0 Å². The molecule has 7 heteroatoms. The van der Waals surface area contributed by atoms with Crippen molar-refractivity contribution < 1.29 is 8.42 Å². The number of nitrogens with one attached hydrogen (secondary N) is 2. The molecule has 2 unspecified atom stereocenters. The second-order valence-corrected chi connectivity index (χ2v) is 8.54. The van der Waals surface area contributed by atoms with Gasteiger partial charge in [-0.3, -0.25) is 0 Å². The Morgan fingerprint density at radius 1 is 1.29 bits per heavy atom. The highest BCUT2D eigenvalue weighted by Gasteiger charge is 2.30. The molecule has 6 nitrogen and oxygen atoms in total. The van der Waals surface area contributed by atoms with E-state index in [4.69, 9.17) is 0 Å². The van der Waals surface area contributed by atoms with E-state index in [9.17, 15) is 8.42 Å². The van der Waals surface area contributed by atoms with Crippen LogP contribution in [0.4, 0.5) is 0 Å². The third-order valence-electron chi connectivity index (χ3n) is 4.08. The van der Waals surface area contributed by atoms with E-state index in [1.807, 2.05) is 25.9 Å². The summed E-state index contributed by atoms with van der Waals surface area (Å²) in [5.74, 6) is 0.445. The lowest BCUT2D eigenvalue weighted by Gasteiger charge is -2.33. The van der Waals surface area contributed by atoms with Crippen molar-refractivity contribution in [3.05, 3.63) is 0 Å². The maximum Gasteiger partial charge on any atom is 0.279 e. The van der Waals surface area contributed by atoms with E-state index in [-0.39, 0.29) is 6.04 Å². The molecule has 0 aromatic carbocycles. The number of piperidine rings is 1. The molecule has 1 saturated carbocycles. The van der Waals surface area contributed by atoms with Crippen molar-refractivity contribution in [1.29, 1.82) is 0 Å². The molecule has 21 heavy (non-hydrogen) atoms. The Bertz CT molecular complexity index is 423. The van der Waals surface area contributed by atoms with Crippen LogP contribution in [0, 0.1) is 5.92 Å². The zero-order valence-corrected chi connectivity index (χ0v) is 14.3. The molecule has 2 N–H and O–H groups in total. The molecule has 1 saturated heterocycles. The number of nitrogens with zero attached hydrogens (tertiary/aromatic N) is 2. The Hall–Kier alpha value is -0.210. The fourth-order valence-corrected chi connectivity index (χ4v) is 4.45. The third-order valence-corrected chi connectivity index (χ3v) is 5.80. The van der Waals surface area contributed by atoms with E-state index in [1.165, 1.54) is 12.8 Å². The summed E-state index contributed by atoms with van der Waals surface area (Å²) in [5, 5.41) is 3.52. The van der Waals surface area contributed by atoms with Crippen LogP contribution in [0.5, 0.6) is 0 Å². The van der Waals surface area contributed by atoms with Gasteiger partial charge in [-0.05, 0) is 59.2 Å². The summed E-state index contributed by atoms with van der Waals surface area (Å²) < 4.78 is 29.3. The summed E-state index contributed by atoms with van der Waals surface area (Å²) in [6, 6.07) is 0.616. The predicted molar refractivity (Wildman–Crippen MR) is 85.4 cm³/mol. The molecule has 2 fully saturated rings. The predicted octanol–water partition coefficient (Wildman–Crippen LogP) is 0.235. The molecule has 1 aliphatic heterocycles. The molecule has 1 aliphatic carbocycles. The van der Waals surface area contributed by atoms with Gasteiger partial charge in [-0.15, -0.1) is 0 Å². The summed E-state index contributed by atoms with van der Waals surface area (Å²) in [7, 11) is 0.544. The van der Waals surface area contributed by atoms with Crippen LogP contribution in [-0.2, 0) is 10.2 Å². The number of hydrogen-bond donors (Lipinski definition) is 2. The minimum Gasteiger partial charge on any atom is -0.314 e. The quantitative estimate of drug-likeness (QED) is 0.673. The van der Waals surface area contributed by atoms with Gasteiger partial charge in [-0.2, -0.15) is 17.4 Å². The zero-order valence-electron chi connectivity index (χ0n) is 13.5. The van der Waals surface area contributed by atoms with Crippen molar-refractivity contribution in [3.8, 4) is 0 Å². The van der Waals surface area contributed by atoms with E-state index in [0.29, 0.717) is 31.6 Å². The van der Waals surface area contributed by atoms with Gasteiger partial charge >= 0.3 is 0 Å². The number of likely N-dealkylation sites (N-methyl/N-ethyl adjacent to an activating group) is 1. The van der Waals surface area contributed by atoms with Crippen LogP contribution in [0.3, 0.4) is 0 Å². The summed E-state index contributed by atoms with van der Waals surface area (Å²) >= 11 is 0. The molecule has 0 aromatic rings. The van der Waals surface area contributed by atoms with Crippen molar-refractivity contribution in [2.75, 3.05) is 40.3 Å². The highest BCUT2D eigenvalue weighted by molar-refractivity contribution is 7.87. The van der Waals surface area contributed by atoms with E-state index < -0.39 is 10.2 Å². The Morgan fingerprint density at radius 3 is 2.62 bits per heavy atom. The average Bonchev–Trinajstić information content (AvgIpc) is 3.19. The van der Waals surface area contributed by atoms with Gasteiger partial charge < -0.3 is 10.2 Å². The lowest BCUT2D eigenvalue weighted by molar-refractivity contribution is 0.255.